The van der Waals surface area contributed by atoms with Crippen molar-refractivity contribution in [2.24, 2.45) is 10.9 Å². The molecule has 0 aromatic heterocycles. The number of likely N-dealkylation sites (tertiary alicyclic amines) is 1. The van der Waals surface area contributed by atoms with Gasteiger partial charge in [-0.05, 0) is 58.7 Å². The second kappa shape index (κ2) is 10.7. The summed E-state index contributed by atoms with van der Waals surface area (Å²) in [6.45, 7) is 11.4. The fourth-order valence-corrected chi connectivity index (χ4v) is 2.44. The summed E-state index contributed by atoms with van der Waals surface area (Å²) >= 11 is 0. The smallest absolute Gasteiger partial charge is 0.191 e. The fourth-order valence-electron chi connectivity index (χ4n) is 2.44. The van der Waals surface area contributed by atoms with Crippen LogP contribution in [0.2, 0.25) is 0 Å². The van der Waals surface area contributed by atoms with Crippen LogP contribution in [0.25, 0.3) is 0 Å². The third-order valence-corrected chi connectivity index (χ3v) is 3.45. The Labute approximate surface area is 135 Å². The second-order valence-corrected chi connectivity index (χ2v) is 5.54. The van der Waals surface area contributed by atoms with Crippen LogP contribution in [0.1, 0.15) is 40.0 Å². The van der Waals surface area contributed by atoms with Crippen molar-refractivity contribution in [3.8, 4) is 0 Å². The summed E-state index contributed by atoms with van der Waals surface area (Å²) in [5, 5.41) is 6.76. The van der Waals surface area contributed by atoms with Crippen LogP contribution in [0.4, 0.5) is 0 Å². The van der Waals surface area contributed by atoms with E-state index in [1.807, 2.05) is 7.05 Å². The van der Waals surface area contributed by atoms with Crippen molar-refractivity contribution in [1.29, 1.82) is 0 Å². The number of hydrogen-bond donors (Lipinski definition) is 2. The third-order valence-electron chi connectivity index (χ3n) is 3.45. The van der Waals surface area contributed by atoms with Crippen LogP contribution in [0.15, 0.2) is 4.99 Å². The predicted molar refractivity (Wildman–Crippen MR) is 94.5 cm³/mol. The molecule has 114 valence electrons. The SMILES string of the molecule is CCCN1CCC(CNC(=NC)NC(C)C)CC1.I. The Morgan fingerprint density at radius 2 is 1.95 bits per heavy atom. The standard InChI is InChI=1S/C14H30N4.HI/c1-5-8-18-9-6-13(7-10-18)11-16-14(15-4)17-12(2)3;/h12-13H,5-11H2,1-4H3,(H2,15,16,17);1H. The number of aliphatic imine (C=N–C) groups is 1. The minimum atomic E-state index is 0. The molecule has 1 aliphatic rings. The molecule has 0 unspecified atom stereocenters. The van der Waals surface area contributed by atoms with Gasteiger partial charge in [-0.25, -0.2) is 0 Å². The Morgan fingerprint density at radius 3 is 2.42 bits per heavy atom. The Balaban J connectivity index is 0.00000324. The lowest BCUT2D eigenvalue weighted by molar-refractivity contribution is 0.185. The fraction of sp³-hybridized carbons (Fsp3) is 0.929. The van der Waals surface area contributed by atoms with Crippen LogP contribution in [0.5, 0.6) is 0 Å². The Bertz CT molecular complexity index is 248. The van der Waals surface area contributed by atoms with Gasteiger partial charge in [-0.3, -0.25) is 4.99 Å². The molecule has 0 bridgehead atoms. The predicted octanol–water partition coefficient (Wildman–Crippen LogP) is 2.30. The zero-order chi connectivity index (χ0) is 13.4. The highest BCUT2D eigenvalue weighted by Gasteiger charge is 2.18. The summed E-state index contributed by atoms with van der Waals surface area (Å²) < 4.78 is 0. The molecule has 0 aromatic carbocycles. The van der Waals surface area contributed by atoms with Crippen molar-refractivity contribution in [2.75, 3.05) is 33.2 Å². The summed E-state index contributed by atoms with van der Waals surface area (Å²) in [4.78, 5) is 6.82. The zero-order valence-electron chi connectivity index (χ0n) is 12.9. The van der Waals surface area contributed by atoms with Gasteiger partial charge in [-0.2, -0.15) is 0 Å². The number of halogens is 1. The maximum absolute atomic E-state index is 4.24. The maximum Gasteiger partial charge on any atom is 0.191 e. The molecule has 0 atom stereocenters. The molecule has 1 fully saturated rings. The lowest BCUT2D eigenvalue weighted by Gasteiger charge is -2.32. The summed E-state index contributed by atoms with van der Waals surface area (Å²) in [5.74, 6) is 1.73. The topological polar surface area (TPSA) is 39.7 Å². The number of guanidine groups is 1. The highest BCUT2D eigenvalue weighted by Crippen LogP contribution is 2.16. The summed E-state index contributed by atoms with van der Waals surface area (Å²) in [7, 11) is 1.83. The van der Waals surface area contributed by atoms with Crippen LogP contribution in [-0.4, -0.2) is 50.1 Å². The molecular weight excluding hydrogens is 351 g/mol. The van der Waals surface area contributed by atoms with Gasteiger partial charge in [0.2, 0.25) is 0 Å². The van der Waals surface area contributed by atoms with Crippen molar-refractivity contribution in [3.63, 3.8) is 0 Å². The lowest BCUT2D eigenvalue weighted by atomic mass is 9.97. The average molecular weight is 382 g/mol. The van der Waals surface area contributed by atoms with Crippen LogP contribution < -0.4 is 10.6 Å². The van der Waals surface area contributed by atoms with Crippen LogP contribution >= 0.6 is 24.0 Å². The monoisotopic (exact) mass is 382 g/mol. The molecule has 4 nitrogen and oxygen atoms in total. The highest BCUT2D eigenvalue weighted by molar-refractivity contribution is 14.0. The molecule has 1 aliphatic heterocycles. The minimum Gasteiger partial charge on any atom is -0.356 e. The van der Waals surface area contributed by atoms with Gasteiger partial charge >= 0.3 is 0 Å². The molecule has 0 aromatic rings. The lowest BCUT2D eigenvalue weighted by Crippen LogP contribution is -2.44. The van der Waals surface area contributed by atoms with Gasteiger partial charge in [-0.1, -0.05) is 6.92 Å². The molecule has 0 amide bonds. The summed E-state index contributed by atoms with van der Waals surface area (Å²) in [6.07, 6.45) is 3.89. The van der Waals surface area contributed by atoms with E-state index in [1.165, 1.54) is 38.9 Å². The van der Waals surface area contributed by atoms with Crippen LogP contribution in [0.3, 0.4) is 0 Å². The second-order valence-electron chi connectivity index (χ2n) is 5.54. The largest absolute Gasteiger partial charge is 0.356 e. The van der Waals surface area contributed by atoms with E-state index in [1.54, 1.807) is 0 Å². The number of hydrogen-bond acceptors (Lipinski definition) is 2. The Hall–Kier alpha value is -0.0400. The maximum atomic E-state index is 4.24. The molecule has 0 aliphatic carbocycles. The van der Waals surface area contributed by atoms with E-state index < -0.39 is 0 Å². The Morgan fingerprint density at radius 1 is 1.32 bits per heavy atom. The van der Waals surface area contributed by atoms with Gasteiger partial charge in [0.15, 0.2) is 5.96 Å². The molecule has 0 spiro atoms. The van der Waals surface area contributed by atoms with E-state index >= 15 is 0 Å². The average Bonchev–Trinajstić information content (AvgIpc) is 2.36. The van der Waals surface area contributed by atoms with Gasteiger partial charge in [0.05, 0.1) is 0 Å². The first-order valence-electron chi connectivity index (χ1n) is 7.35. The molecule has 1 saturated heterocycles. The molecule has 1 heterocycles. The zero-order valence-corrected chi connectivity index (χ0v) is 15.2. The summed E-state index contributed by atoms with van der Waals surface area (Å²) in [6, 6.07) is 0.433. The Kier molecular flexibility index (Phi) is 10.7. The van der Waals surface area contributed by atoms with Gasteiger partial charge in [0.1, 0.15) is 0 Å². The quantitative estimate of drug-likeness (QED) is 0.436. The van der Waals surface area contributed by atoms with Crippen LogP contribution in [0, 0.1) is 5.92 Å². The van der Waals surface area contributed by atoms with Gasteiger partial charge in [-0.15, -0.1) is 24.0 Å². The van der Waals surface area contributed by atoms with Crippen molar-refractivity contribution < 1.29 is 0 Å². The first-order chi connectivity index (χ1) is 8.65. The first kappa shape index (κ1) is 19.0. The number of piperidine rings is 1. The van der Waals surface area contributed by atoms with E-state index in [0.717, 1.165) is 18.4 Å². The molecule has 0 radical (unpaired) electrons. The van der Waals surface area contributed by atoms with Crippen molar-refractivity contribution in [3.05, 3.63) is 0 Å². The van der Waals surface area contributed by atoms with E-state index in [2.05, 4.69) is 41.3 Å². The van der Waals surface area contributed by atoms with Crippen LogP contribution in [-0.2, 0) is 0 Å². The van der Waals surface area contributed by atoms with Gasteiger partial charge in [0.25, 0.3) is 0 Å². The van der Waals surface area contributed by atoms with E-state index in [9.17, 15) is 0 Å². The molecule has 19 heavy (non-hydrogen) atoms. The molecule has 5 heteroatoms. The first-order valence-corrected chi connectivity index (χ1v) is 7.35. The number of nitrogens with zero attached hydrogens (tertiary/aromatic N) is 2. The van der Waals surface area contributed by atoms with Crippen molar-refractivity contribution in [2.45, 2.75) is 46.1 Å². The van der Waals surface area contributed by atoms with E-state index in [4.69, 9.17) is 0 Å². The van der Waals surface area contributed by atoms with E-state index in [-0.39, 0.29) is 24.0 Å². The molecule has 0 saturated carbocycles. The summed E-state index contributed by atoms with van der Waals surface area (Å²) in [5.41, 5.74) is 0. The van der Waals surface area contributed by atoms with E-state index in [0.29, 0.717) is 6.04 Å². The minimum absolute atomic E-state index is 0. The van der Waals surface area contributed by atoms with Crippen molar-refractivity contribution in [1.82, 2.24) is 15.5 Å². The number of rotatable bonds is 5. The molecule has 2 N–H and O–H groups in total. The highest BCUT2D eigenvalue weighted by atomic mass is 127. The van der Waals surface area contributed by atoms with Gasteiger partial charge < -0.3 is 15.5 Å². The molecule has 1 rings (SSSR count). The van der Waals surface area contributed by atoms with Crippen molar-refractivity contribution >= 4 is 29.9 Å². The molecular formula is C14H31IN4. The number of nitrogens with one attached hydrogen (secondary N) is 2. The third kappa shape index (κ3) is 7.97. The normalized spacial score (nSPS) is 18.3. The van der Waals surface area contributed by atoms with Gasteiger partial charge in [0, 0.05) is 19.6 Å².